The summed E-state index contributed by atoms with van der Waals surface area (Å²) in [7, 11) is 0. The molecule has 0 aliphatic carbocycles. The molecule has 1 amide bonds. The number of amides is 1. The van der Waals surface area contributed by atoms with Crippen molar-refractivity contribution in [3.05, 3.63) is 105 Å². The second kappa shape index (κ2) is 6.02. The molecule has 2 aliphatic rings. The van der Waals surface area contributed by atoms with Crippen molar-refractivity contribution < 1.29 is 9.72 Å². The number of nitrogens with zero attached hydrogens (tertiary/aromatic N) is 2. The highest BCUT2D eigenvalue weighted by molar-refractivity contribution is 6.11. The minimum Gasteiger partial charge on any atom is -0.301 e. The van der Waals surface area contributed by atoms with E-state index in [0.717, 1.165) is 39.9 Å². The number of carbonyl (C=O) groups is 1. The number of fused-ring (bicyclic) bond motifs is 5. The van der Waals surface area contributed by atoms with Crippen LogP contribution in [0.5, 0.6) is 0 Å². The average molecular weight is 370 g/mol. The molecule has 2 heterocycles. The molecule has 0 N–H and O–H groups in total. The highest BCUT2D eigenvalue weighted by Crippen LogP contribution is 2.51. The van der Waals surface area contributed by atoms with Crippen molar-refractivity contribution in [1.82, 2.24) is 0 Å². The van der Waals surface area contributed by atoms with Crippen LogP contribution >= 0.6 is 0 Å². The third-order valence-corrected chi connectivity index (χ3v) is 5.86. The Bertz CT molecular complexity index is 1120. The Kier molecular flexibility index (Phi) is 3.59. The lowest BCUT2D eigenvalue weighted by Crippen LogP contribution is -2.34. The van der Waals surface area contributed by atoms with Crippen LogP contribution in [0.15, 0.2) is 66.7 Å². The Morgan fingerprint density at radius 1 is 1.00 bits per heavy atom. The number of anilines is 1. The first kappa shape index (κ1) is 16.7. The summed E-state index contributed by atoms with van der Waals surface area (Å²) in [5, 5.41) is 11.0. The summed E-state index contributed by atoms with van der Waals surface area (Å²) in [6.45, 7) is 2.04. The molecule has 3 aromatic carbocycles. The smallest absolute Gasteiger partial charge is 0.269 e. The summed E-state index contributed by atoms with van der Waals surface area (Å²) in [4.78, 5) is 25.6. The summed E-state index contributed by atoms with van der Waals surface area (Å²) >= 11 is 0. The van der Waals surface area contributed by atoms with Crippen LogP contribution < -0.4 is 4.90 Å². The van der Waals surface area contributed by atoms with Gasteiger partial charge in [-0.05, 0) is 42.2 Å². The number of carbonyl (C=O) groups excluding carboxylic acids is 1. The monoisotopic (exact) mass is 370 g/mol. The first-order valence-corrected chi connectivity index (χ1v) is 9.32. The standard InChI is InChI=1S/C23H18N2O3/c1-14-6-11-21-20(12-14)19(15-7-9-16(10-8-15)25(27)28)13-22-17-4-2-3-5-18(17)23(26)24(21)22/h2-12,19,22H,13H2,1H3/t19-,22+/m0/s1. The van der Waals surface area contributed by atoms with E-state index in [2.05, 4.69) is 6.07 Å². The number of nitro groups is 1. The molecular formula is C23H18N2O3. The number of non-ortho nitro benzene ring substituents is 1. The molecule has 0 bridgehead atoms. The van der Waals surface area contributed by atoms with Gasteiger partial charge >= 0.3 is 0 Å². The second-order valence-electron chi connectivity index (χ2n) is 7.48. The van der Waals surface area contributed by atoms with Gasteiger partial charge in [0.05, 0.1) is 11.0 Å². The van der Waals surface area contributed by atoms with Crippen LogP contribution in [0, 0.1) is 17.0 Å². The quantitative estimate of drug-likeness (QED) is 0.463. The van der Waals surface area contributed by atoms with Crippen molar-refractivity contribution in [2.24, 2.45) is 0 Å². The molecule has 0 radical (unpaired) electrons. The van der Waals surface area contributed by atoms with E-state index in [4.69, 9.17) is 0 Å². The fourth-order valence-electron chi connectivity index (χ4n) is 4.57. The van der Waals surface area contributed by atoms with E-state index in [1.165, 1.54) is 0 Å². The first-order chi connectivity index (χ1) is 13.5. The van der Waals surface area contributed by atoms with Crippen LogP contribution in [0.2, 0.25) is 0 Å². The maximum absolute atomic E-state index is 13.1. The minimum atomic E-state index is -0.379. The maximum Gasteiger partial charge on any atom is 0.269 e. The maximum atomic E-state index is 13.1. The van der Waals surface area contributed by atoms with Gasteiger partial charge in [0, 0.05) is 29.3 Å². The Morgan fingerprint density at radius 2 is 1.75 bits per heavy atom. The van der Waals surface area contributed by atoms with E-state index < -0.39 is 0 Å². The highest BCUT2D eigenvalue weighted by atomic mass is 16.6. The van der Waals surface area contributed by atoms with Crippen molar-refractivity contribution in [3.8, 4) is 0 Å². The second-order valence-corrected chi connectivity index (χ2v) is 7.48. The van der Waals surface area contributed by atoms with Crippen molar-refractivity contribution in [2.45, 2.75) is 25.3 Å². The molecule has 5 heteroatoms. The lowest BCUT2D eigenvalue weighted by Gasteiger charge is -2.37. The summed E-state index contributed by atoms with van der Waals surface area (Å²) in [5.41, 5.74) is 6.13. The molecule has 3 aromatic rings. The van der Waals surface area contributed by atoms with Crippen molar-refractivity contribution in [1.29, 1.82) is 0 Å². The lowest BCUT2D eigenvalue weighted by atomic mass is 9.79. The molecule has 0 saturated heterocycles. The fraction of sp³-hybridized carbons (Fsp3) is 0.174. The zero-order valence-electron chi connectivity index (χ0n) is 15.3. The number of hydrogen-bond acceptors (Lipinski definition) is 3. The molecule has 0 aromatic heterocycles. The molecule has 0 spiro atoms. The number of aryl methyl sites for hydroxylation is 1. The molecule has 138 valence electrons. The average Bonchev–Trinajstić information content (AvgIpc) is 3.00. The Morgan fingerprint density at radius 3 is 2.50 bits per heavy atom. The number of nitro benzene ring substituents is 1. The summed E-state index contributed by atoms with van der Waals surface area (Å²) in [5.74, 6) is 0.128. The molecular weight excluding hydrogens is 352 g/mol. The van der Waals surface area contributed by atoms with Gasteiger partial charge in [0.2, 0.25) is 0 Å². The van der Waals surface area contributed by atoms with E-state index >= 15 is 0 Å². The first-order valence-electron chi connectivity index (χ1n) is 9.32. The van der Waals surface area contributed by atoms with Crippen LogP contribution in [0.3, 0.4) is 0 Å². The normalized spacial score (nSPS) is 19.8. The Labute approximate surface area is 162 Å². The minimum absolute atomic E-state index is 0.0147. The molecule has 0 unspecified atom stereocenters. The molecule has 28 heavy (non-hydrogen) atoms. The van der Waals surface area contributed by atoms with Crippen molar-refractivity contribution in [2.75, 3.05) is 4.90 Å². The lowest BCUT2D eigenvalue weighted by molar-refractivity contribution is -0.384. The van der Waals surface area contributed by atoms with Gasteiger partial charge in [0.25, 0.3) is 11.6 Å². The van der Waals surface area contributed by atoms with E-state index in [1.807, 2.05) is 60.4 Å². The highest BCUT2D eigenvalue weighted by Gasteiger charge is 2.43. The van der Waals surface area contributed by atoms with Crippen LogP contribution in [0.1, 0.15) is 51.0 Å². The SMILES string of the molecule is Cc1ccc2c(c1)[C@H](c1ccc([N+](=O)[O-])cc1)C[C@@H]1c3ccccc3C(=O)N21. The van der Waals surface area contributed by atoms with E-state index in [9.17, 15) is 14.9 Å². The summed E-state index contributed by atoms with van der Waals surface area (Å²) in [6, 6.07) is 20.8. The Balaban J connectivity index is 1.67. The van der Waals surface area contributed by atoms with E-state index in [1.54, 1.807) is 12.1 Å². The molecule has 2 atom stereocenters. The molecule has 5 rings (SSSR count). The van der Waals surface area contributed by atoms with Gasteiger partial charge in [0.1, 0.15) is 0 Å². The fourth-order valence-corrected chi connectivity index (χ4v) is 4.57. The van der Waals surface area contributed by atoms with Gasteiger partial charge in [-0.25, -0.2) is 0 Å². The van der Waals surface area contributed by atoms with Gasteiger partial charge in [-0.15, -0.1) is 0 Å². The van der Waals surface area contributed by atoms with Crippen LogP contribution in [-0.4, -0.2) is 10.8 Å². The van der Waals surface area contributed by atoms with Crippen molar-refractivity contribution >= 4 is 17.3 Å². The van der Waals surface area contributed by atoms with E-state index in [-0.39, 0.29) is 28.5 Å². The van der Waals surface area contributed by atoms with Gasteiger partial charge in [-0.2, -0.15) is 0 Å². The van der Waals surface area contributed by atoms with Gasteiger partial charge in [-0.3, -0.25) is 14.9 Å². The largest absolute Gasteiger partial charge is 0.301 e. The molecule has 0 fully saturated rings. The summed E-state index contributed by atoms with van der Waals surface area (Å²) < 4.78 is 0. The number of hydrogen-bond donors (Lipinski definition) is 0. The molecule has 5 nitrogen and oxygen atoms in total. The predicted octanol–water partition coefficient (Wildman–Crippen LogP) is 5.14. The van der Waals surface area contributed by atoms with Gasteiger partial charge in [0.15, 0.2) is 0 Å². The topological polar surface area (TPSA) is 63.5 Å². The number of rotatable bonds is 2. The van der Waals surface area contributed by atoms with E-state index in [0.29, 0.717) is 0 Å². The third-order valence-electron chi connectivity index (χ3n) is 5.86. The van der Waals surface area contributed by atoms with Crippen molar-refractivity contribution in [3.63, 3.8) is 0 Å². The summed E-state index contributed by atoms with van der Waals surface area (Å²) in [6.07, 6.45) is 0.761. The third kappa shape index (κ3) is 2.36. The van der Waals surface area contributed by atoms with Crippen LogP contribution in [0.25, 0.3) is 0 Å². The Hall–Kier alpha value is -3.47. The van der Waals surface area contributed by atoms with Crippen LogP contribution in [0.4, 0.5) is 11.4 Å². The van der Waals surface area contributed by atoms with Crippen LogP contribution in [-0.2, 0) is 0 Å². The van der Waals surface area contributed by atoms with Gasteiger partial charge in [-0.1, -0.05) is 48.0 Å². The zero-order chi connectivity index (χ0) is 19.4. The van der Waals surface area contributed by atoms with Gasteiger partial charge < -0.3 is 4.90 Å². The molecule has 0 saturated carbocycles. The predicted molar refractivity (Wildman–Crippen MR) is 107 cm³/mol. The zero-order valence-corrected chi connectivity index (χ0v) is 15.3. The molecule has 2 aliphatic heterocycles. The number of benzene rings is 3.